The lowest BCUT2D eigenvalue weighted by atomic mass is 10.1. The van der Waals surface area contributed by atoms with E-state index >= 15 is 0 Å². The average Bonchev–Trinajstić information content (AvgIpc) is 2.20. The van der Waals surface area contributed by atoms with Crippen LogP contribution >= 0.6 is 0 Å². The summed E-state index contributed by atoms with van der Waals surface area (Å²) in [6, 6.07) is 4.08. The van der Waals surface area contributed by atoms with Gasteiger partial charge in [0, 0.05) is 0 Å². The van der Waals surface area contributed by atoms with E-state index in [1.807, 2.05) is 6.92 Å². The first-order valence-corrected chi connectivity index (χ1v) is 5.22. The Morgan fingerprint density at radius 3 is 2.81 bits per heavy atom. The summed E-state index contributed by atoms with van der Waals surface area (Å²) in [5.41, 5.74) is 1.93. The molecule has 0 saturated carbocycles. The fourth-order valence-corrected chi connectivity index (χ4v) is 1.45. The topological polar surface area (TPSA) is 49.3 Å². The lowest BCUT2D eigenvalue weighted by Crippen LogP contribution is -2.35. The zero-order valence-corrected chi connectivity index (χ0v) is 9.46. The van der Waals surface area contributed by atoms with E-state index in [4.69, 9.17) is 5.11 Å². The summed E-state index contributed by atoms with van der Waals surface area (Å²) in [6.07, 6.45) is 0.698. The predicted octanol–water partition coefficient (Wildman–Crippen LogP) is 1.74. The van der Waals surface area contributed by atoms with E-state index in [0.29, 0.717) is 13.0 Å². The number of aryl methyl sites for hydroxylation is 1. The van der Waals surface area contributed by atoms with Gasteiger partial charge in [-0.25, -0.2) is 4.39 Å². The molecule has 0 fully saturated rings. The Kier molecular flexibility index (Phi) is 4.43. The minimum Gasteiger partial charge on any atom is -0.480 e. The molecule has 4 heteroatoms. The summed E-state index contributed by atoms with van der Waals surface area (Å²) in [5.74, 6) is -1.11. The minimum absolute atomic E-state index is 0.242. The molecular formula is C12H16FNO2. The highest BCUT2D eigenvalue weighted by Gasteiger charge is 2.09. The number of halogens is 1. The first-order chi connectivity index (χ1) is 7.50. The maximum absolute atomic E-state index is 12.8. The fourth-order valence-electron chi connectivity index (χ4n) is 1.45. The molecular weight excluding hydrogens is 209 g/mol. The number of hydrogen-bond acceptors (Lipinski definition) is 2. The van der Waals surface area contributed by atoms with Gasteiger partial charge in [-0.05, 0) is 50.1 Å². The first kappa shape index (κ1) is 12.6. The van der Waals surface area contributed by atoms with Crippen molar-refractivity contribution in [1.29, 1.82) is 0 Å². The van der Waals surface area contributed by atoms with Crippen molar-refractivity contribution in [1.82, 2.24) is 5.32 Å². The van der Waals surface area contributed by atoms with E-state index in [2.05, 4.69) is 5.32 Å². The summed E-state index contributed by atoms with van der Waals surface area (Å²) in [6.45, 7) is 4.01. The van der Waals surface area contributed by atoms with E-state index in [-0.39, 0.29) is 5.82 Å². The van der Waals surface area contributed by atoms with Gasteiger partial charge >= 0.3 is 5.97 Å². The van der Waals surface area contributed by atoms with Crippen molar-refractivity contribution in [3.63, 3.8) is 0 Å². The number of aliphatic carboxylic acids is 1. The smallest absolute Gasteiger partial charge is 0.320 e. The Hall–Kier alpha value is -1.42. The third-order valence-electron chi connectivity index (χ3n) is 2.52. The molecule has 0 bridgehead atoms. The number of carboxylic acids is 1. The molecule has 0 spiro atoms. The van der Waals surface area contributed by atoms with E-state index in [0.717, 1.165) is 11.1 Å². The third-order valence-corrected chi connectivity index (χ3v) is 2.52. The fraction of sp³-hybridized carbons (Fsp3) is 0.417. The maximum Gasteiger partial charge on any atom is 0.320 e. The molecule has 16 heavy (non-hydrogen) atoms. The number of carboxylic acid groups (broad SMARTS) is 1. The van der Waals surface area contributed by atoms with Crippen LogP contribution in [0.5, 0.6) is 0 Å². The van der Waals surface area contributed by atoms with Gasteiger partial charge in [-0.15, -0.1) is 0 Å². The molecule has 0 aliphatic heterocycles. The summed E-state index contributed by atoms with van der Waals surface area (Å²) in [7, 11) is 0. The molecule has 0 saturated heterocycles. The van der Waals surface area contributed by atoms with Gasteiger partial charge in [0.15, 0.2) is 0 Å². The molecule has 0 amide bonds. The van der Waals surface area contributed by atoms with Crippen molar-refractivity contribution in [3.05, 3.63) is 35.1 Å². The number of benzene rings is 1. The molecule has 2 N–H and O–H groups in total. The van der Waals surface area contributed by atoms with E-state index in [9.17, 15) is 9.18 Å². The van der Waals surface area contributed by atoms with Crippen LogP contribution in [0.4, 0.5) is 4.39 Å². The SMILES string of the molecule is Cc1cc(F)ccc1CCNC(C)C(=O)O. The number of nitrogens with one attached hydrogen (secondary N) is 1. The lowest BCUT2D eigenvalue weighted by molar-refractivity contribution is -0.138. The number of carbonyl (C=O) groups is 1. The van der Waals surface area contributed by atoms with Gasteiger partial charge in [0.05, 0.1) is 0 Å². The molecule has 1 aromatic rings. The van der Waals surface area contributed by atoms with E-state index in [1.54, 1.807) is 13.0 Å². The highest BCUT2D eigenvalue weighted by molar-refractivity contribution is 5.72. The van der Waals surface area contributed by atoms with E-state index < -0.39 is 12.0 Å². The van der Waals surface area contributed by atoms with Crippen LogP contribution in [0.15, 0.2) is 18.2 Å². The summed E-state index contributed by atoms with van der Waals surface area (Å²) in [5, 5.41) is 11.5. The van der Waals surface area contributed by atoms with Gasteiger partial charge in [0.2, 0.25) is 0 Å². The second kappa shape index (κ2) is 5.61. The van der Waals surface area contributed by atoms with Gasteiger partial charge in [0.1, 0.15) is 11.9 Å². The molecule has 1 atom stereocenters. The van der Waals surface area contributed by atoms with Crippen LogP contribution in [0.2, 0.25) is 0 Å². The monoisotopic (exact) mass is 225 g/mol. The van der Waals surface area contributed by atoms with Crippen molar-refractivity contribution >= 4 is 5.97 Å². The molecule has 0 aliphatic rings. The van der Waals surface area contributed by atoms with Crippen LogP contribution in [0, 0.1) is 12.7 Å². The molecule has 1 aromatic carbocycles. The Balaban J connectivity index is 2.46. The molecule has 88 valence electrons. The van der Waals surface area contributed by atoms with Gasteiger partial charge in [-0.1, -0.05) is 6.07 Å². The summed E-state index contributed by atoms with van der Waals surface area (Å²) < 4.78 is 12.8. The highest BCUT2D eigenvalue weighted by Crippen LogP contribution is 2.10. The lowest BCUT2D eigenvalue weighted by Gasteiger charge is -2.10. The van der Waals surface area contributed by atoms with E-state index in [1.165, 1.54) is 12.1 Å². The van der Waals surface area contributed by atoms with Crippen LogP contribution in [0.3, 0.4) is 0 Å². The van der Waals surface area contributed by atoms with Crippen molar-refractivity contribution in [2.24, 2.45) is 0 Å². The van der Waals surface area contributed by atoms with Gasteiger partial charge in [-0.3, -0.25) is 4.79 Å². The highest BCUT2D eigenvalue weighted by atomic mass is 19.1. The van der Waals surface area contributed by atoms with Gasteiger partial charge in [0.25, 0.3) is 0 Å². The Labute approximate surface area is 94.3 Å². The third kappa shape index (κ3) is 3.62. The molecule has 1 rings (SSSR count). The second-order valence-electron chi connectivity index (χ2n) is 3.83. The van der Waals surface area contributed by atoms with Gasteiger partial charge < -0.3 is 10.4 Å². The first-order valence-electron chi connectivity index (χ1n) is 5.22. The molecule has 0 heterocycles. The molecule has 1 unspecified atom stereocenters. The van der Waals surface area contributed by atoms with Crippen LogP contribution in [-0.4, -0.2) is 23.7 Å². The normalized spacial score (nSPS) is 12.4. The maximum atomic E-state index is 12.8. The minimum atomic E-state index is -0.865. The second-order valence-corrected chi connectivity index (χ2v) is 3.83. The van der Waals surface area contributed by atoms with Crippen LogP contribution in [-0.2, 0) is 11.2 Å². The Morgan fingerprint density at radius 1 is 1.56 bits per heavy atom. The Bertz CT molecular complexity index is 379. The molecule has 0 aromatic heterocycles. The average molecular weight is 225 g/mol. The molecule has 0 radical (unpaired) electrons. The number of rotatable bonds is 5. The summed E-state index contributed by atoms with van der Waals surface area (Å²) >= 11 is 0. The van der Waals surface area contributed by atoms with Crippen molar-refractivity contribution in [3.8, 4) is 0 Å². The van der Waals surface area contributed by atoms with Gasteiger partial charge in [-0.2, -0.15) is 0 Å². The standard InChI is InChI=1S/C12H16FNO2/c1-8-7-11(13)4-3-10(8)5-6-14-9(2)12(15)16/h3-4,7,9,14H,5-6H2,1-2H3,(H,15,16). The number of hydrogen-bond donors (Lipinski definition) is 2. The van der Waals surface area contributed by atoms with Crippen LogP contribution in [0.1, 0.15) is 18.1 Å². The van der Waals surface area contributed by atoms with Crippen molar-refractivity contribution < 1.29 is 14.3 Å². The molecule has 3 nitrogen and oxygen atoms in total. The molecule has 0 aliphatic carbocycles. The van der Waals surface area contributed by atoms with Crippen molar-refractivity contribution in [2.45, 2.75) is 26.3 Å². The van der Waals surface area contributed by atoms with Crippen LogP contribution < -0.4 is 5.32 Å². The predicted molar refractivity (Wildman–Crippen MR) is 59.9 cm³/mol. The zero-order valence-electron chi connectivity index (χ0n) is 9.46. The zero-order chi connectivity index (χ0) is 12.1. The van der Waals surface area contributed by atoms with Crippen molar-refractivity contribution in [2.75, 3.05) is 6.54 Å². The Morgan fingerprint density at radius 2 is 2.25 bits per heavy atom. The largest absolute Gasteiger partial charge is 0.480 e. The summed E-state index contributed by atoms with van der Waals surface area (Å²) in [4.78, 5) is 10.5. The van der Waals surface area contributed by atoms with Crippen LogP contribution in [0.25, 0.3) is 0 Å². The quantitative estimate of drug-likeness (QED) is 0.802.